The minimum Gasteiger partial charge on any atom is -0.463 e. The summed E-state index contributed by atoms with van der Waals surface area (Å²) in [6.45, 7) is 6.30. The van der Waals surface area contributed by atoms with Gasteiger partial charge >= 0.3 is 24.0 Å². The Morgan fingerprint density at radius 1 is 0.393 bits per heavy atom. The Bertz CT molecular complexity index is 982. The molecular weight excluding hydrogens is 779 g/mol. The van der Waals surface area contributed by atoms with E-state index in [-0.39, 0.29) is 63.7 Å². The Morgan fingerprint density at radius 2 is 0.787 bits per heavy atom. The van der Waals surface area contributed by atoms with Gasteiger partial charge in [0.2, 0.25) is 0 Å². The first-order valence-corrected chi connectivity index (χ1v) is 25.0. The van der Waals surface area contributed by atoms with Crippen LogP contribution in [0, 0.1) is 0 Å². The molecule has 1 atom stereocenters. The molecule has 0 aromatic carbocycles. The van der Waals surface area contributed by atoms with E-state index >= 15 is 0 Å². The first-order chi connectivity index (χ1) is 29.9. The molecule has 360 valence electrons. The normalized spacial score (nSPS) is 11.7. The maximum absolute atomic E-state index is 12.7. The highest BCUT2D eigenvalue weighted by Crippen LogP contribution is 2.15. The quantitative estimate of drug-likeness (QED) is 0.0354. The average molecular weight is 872 g/mol. The lowest BCUT2D eigenvalue weighted by molar-refractivity contribution is -0.161. The second kappa shape index (κ2) is 48.6. The van der Waals surface area contributed by atoms with Gasteiger partial charge in [-0.2, -0.15) is 0 Å². The van der Waals surface area contributed by atoms with Gasteiger partial charge in [0.25, 0.3) is 0 Å². The standard InChI is InChI=1S/C49H93NO11/c1-4-6-8-10-12-14-16-18-20-22-24-26-28-30-33-47(52)59-43-45(61-48(53)34-31-29-27-25-23-21-19-17-15-13-11-9-7-5-2)44-60-49(54)50-36-38-57-41-40-56-37-32-35-46(51)58-42-39-55-3/h45H,4-44H2,1-3H3,(H,50,54). The third-order valence-electron chi connectivity index (χ3n) is 10.7. The number of amides is 1. The Hall–Kier alpha value is -2.44. The topological polar surface area (TPSA) is 145 Å². The maximum atomic E-state index is 12.7. The molecule has 0 radical (unpaired) electrons. The molecule has 1 unspecified atom stereocenters. The number of alkyl carbamates (subject to hydrolysis) is 1. The molecule has 0 aromatic rings. The van der Waals surface area contributed by atoms with Crippen molar-refractivity contribution in [2.24, 2.45) is 0 Å². The molecule has 61 heavy (non-hydrogen) atoms. The van der Waals surface area contributed by atoms with E-state index in [1.807, 2.05) is 0 Å². The van der Waals surface area contributed by atoms with Gasteiger partial charge in [0.05, 0.1) is 26.4 Å². The van der Waals surface area contributed by atoms with Crippen molar-refractivity contribution >= 4 is 24.0 Å². The van der Waals surface area contributed by atoms with Crippen LogP contribution in [-0.4, -0.2) is 96.6 Å². The Balaban J connectivity index is 4.34. The molecule has 0 aliphatic heterocycles. The van der Waals surface area contributed by atoms with Gasteiger partial charge < -0.3 is 38.5 Å². The summed E-state index contributed by atoms with van der Waals surface area (Å²) in [6, 6.07) is 0. The van der Waals surface area contributed by atoms with Crippen LogP contribution in [0.15, 0.2) is 0 Å². The fourth-order valence-corrected chi connectivity index (χ4v) is 6.94. The zero-order valence-electron chi connectivity index (χ0n) is 39.6. The SMILES string of the molecule is CCCCCCCCCCCCCCCCC(=O)OCC(COC(=O)NCCOCCOCCCC(=O)OCCOC)OC(=O)CCCCCCCCCCCCCCCC. The van der Waals surface area contributed by atoms with Crippen LogP contribution in [0.3, 0.4) is 0 Å². The monoisotopic (exact) mass is 872 g/mol. The molecule has 0 heterocycles. The van der Waals surface area contributed by atoms with Crippen LogP contribution >= 0.6 is 0 Å². The molecule has 0 aromatic heterocycles. The van der Waals surface area contributed by atoms with Crippen molar-refractivity contribution in [2.75, 3.05) is 66.5 Å². The molecule has 12 heteroatoms. The molecule has 1 amide bonds. The predicted octanol–water partition coefficient (Wildman–Crippen LogP) is 11.9. The number of esters is 3. The fourth-order valence-electron chi connectivity index (χ4n) is 6.94. The van der Waals surface area contributed by atoms with Gasteiger partial charge in [-0.15, -0.1) is 0 Å². The molecule has 0 aliphatic rings. The largest absolute Gasteiger partial charge is 0.463 e. The number of hydrogen-bond acceptors (Lipinski definition) is 11. The summed E-state index contributed by atoms with van der Waals surface area (Å²) in [5.41, 5.74) is 0. The van der Waals surface area contributed by atoms with Crippen LogP contribution in [0.5, 0.6) is 0 Å². The van der Waals surface area contributed by atoms with E-state index in [1.165, 1.54) is 141 Å². The lowest BCUT2D eigenvalue weighted by Gasteiger charge is -2.18. The second-order valence-electron chi connectivity index (χ2n) is 16.6. The summed E-state index contributed by atoms with van der Waals surface area (Å²) in [7, 11) is 1.55. The molecule has 0 bridgehead atoms. The number of nitrogens with one attached hydrogen (secondary N) is 1. The summed E-state index contributed by atoms with van der Waals surface area (Å²) in [5.74, 6) is -0.998. The summed E-state index contributed by atoms with van der Waals surface area (Å²) < 4.78 is 37.2. The molecule has 1 N–H and O–H groups in total. The highest BCUT2D eigenvalue weighted by Gasteiger charge is 2.19. The van der Waals surface area contributed by atoms with E-state index in [0.29, 0.717) is 39.3 Å². The van der Waals surface area contributed by atoms with Crippen LogP contribution in [0.2, 0.25) is 0 Å². The lowest BCUT2D eigenvalue weighted by Crippen LogP contribution is -2.34. The molecule has 0 saturated carbocycles. The van der Waals surface area contributed by atoms with Crippen molar-refractivity contribution in [1.82, 2.24) is 5.32 Å². The number of rotatable bonds is 48. The zero-order chi connectivity index (χ0) is 44.5. The van der Waals surface area contributed by atoms with E-state index in [1.54, 1.807) is 7.11 Å². The minimum absolute atomic E-state index is 0.159. The number of ether oxygens (including phenoxy) is 7. The van der Waals surface area contributed by atoms with Gasteiger partial charge in [-0.05, 0) is 19.3 Å². The fraction of sp³-hybridized carbons (Fsp3) is 0.918. The van der Waals surface area contributed by atoms with Gasteiger partial charge in [-0.1, -0.05) is 181 Å². The summed E-state index contributed by atoms with van der Waals surface area (Å²) in [5, 5.41) is 2.62. The van der Waals surface area contributed by atoms with Crippen LogP contribution in [0.4, 0.5) is 4.79 Å². The summed E-state index contributed by atoms with van der Waals surface area (Å²) in [6.07, 6.45) is 34.5. The number of carbonyl (C=O) groups is 4. The van der Waals surface area contributed by atoms with Crippen molar-refractivity contribution in [3.05, 3.63) is 0 Å². The third kappa shape index (κ3) is 46.9. The Kier molecular flexibility index (Phi) is 46.6. The molecule has 0 rings (SSSR count). The first-order valence-electron chi connectivity index (χ1n) is 25.0. The highest BCUT2D eigenvalue weighted by atomic mass is 16.6. The molecule has 12 nitrogen and oxygen atoms in total. The maximum Gasteiger partial charge on any atom is 0.407 e. The van der Waals surface area contributed by atoms with Gasteiger partial charge in [0.15, 0.2) is 6.10 Å². The predicted molar refractivity (Wildman–Crippen MR) is 244 cm³/mol. The van der Waals surface area contributed by atoms with Gasteiger partial charge in [0.1, 0.15) is 19.8 Å². The smallest absolute Gasteiger partial charge is 0.407 e. The van der Waals surface area contributed by atoms with E-state index in [0.717, 1.165) is 38.5 Å². The van der Waals surface area contributed by atoms with Gasteiger partial charge in [-0.3, -0.25) is 14.4 Å². The third-order valence-corrected chi connectivity index (χ3v) is 10.7. The summed E-state index contributed by atoms with van der Waals surface area (Å²) in [4.78, 5) is 49.2. The van der Waals surface area contributed by atoms with Crippen molar-refractivity contribution in [3.8, 4) is 0 Å². The van der Waals surface area contributed by atoms with Crippen molar-refractivity contribution < 1.29 is 52.3 Å². The zero-order valence-corrected chi connectivity index (χ0v) is 39.6. The van der Waals surface area contributed by atoms with E-state index < -0.39 is 12.2 Å². The summed E-state index contributed by atoms with van der Waals surface area (Å²) >= 11 is 0. The van der Waals surface area contributed by atoms with Crippen LogP contribution in [-0.2, 0) is 47.5 Å². The van der Waals surface area contributed by atoms with E-state index in [4.69, 9.17) is 33.2 Å². The van der Waals surface area contributed by atoms with Crippen molar-refractivity contribution in [2.45, 2.75) is 225 Å². The van der Waals surface area contributed by atoms with Crippen LogP contribution < -0.4 is 5.32 Å². The Morgan fingerprint density at radius 3 is 1.26 bits per heavy atom. The second-order valence-corrected chi connectivity index (χ2v) is 16.6. The van der Waals surface area contributed by atoms with E-state index in [9.17, 15) is 19.2 Å². The highest BCUT2D eigenvalue weighted by molar-refractivity contribution is 5.71. The minimum atomic E-state index is -0.884. The van der Waals surface area contributed by atoms with Crippen LogP contribution in [0.25, 0.3) is 0 Å². The number of methoxy groups -OCH3 is 1. The van der Waals surface area contributed by atoms with Crippen molar-refractivity contribution in [3.63, 3.8) is 0 Å². The number of unbranched alkanes of at least 4 members (excludes halogenated alkanes) is 26. The van der Waals surface area contributed by atoms with Crippen LogP contribution in [0.1, 0.15) is 219 Å². The van der Waals surface area contributed by atoms with Gasteiger partial charge in [-0.25, -0.2) is 4.79 Å². The molecule has 0 saturated heterocycles. The first kappa shape index (κ1) is 58.6. The number of carbonyl (C=O) groups excluding carboxylic acids is 4. The average Bonchev–Trinajstić information content (AvgIpc) is 3.25. The molecule has 0 aliphatic carbocycles. The Labute approximate surface area is 372 Å². The van der Waals surface area contributed by atoms with E-state index in [2.05, 4.69) is 19.2 Å². The molecule has 0 spiro atoms. The molecular formula is C49H93NO11. The lowest BCUT2D eigenvalue weighted by atomic mass is 10.0. The number of hydrogen-bond donors (Lipinski definition) is 1. The van der Waals surface area contributed by atoms with Crippen molar-refractivity contribution in [1.29, 1.82) is 0 Å². The molecule has 0 fully saturated rings. The van der Waals surface area contributed by atoms with Gasteiger partial charge in [0, 0.05) is 39.5 Å².